The summed E-state index contributed by atoms with van der Waals surface area (Å²) in [5.74, 6) is 0.521. The van der Waals surface area contributed by atoms with Crippen molar-refractivity contribution in [2.45, 2.75) is 46.3 Å². The van der Waals surface area contributed by atoms with Crippen molar-refractivity contribution >= 4 is 5.65 Å². The monoisotopic (exact) mass is 411 g/mol. The van der Waals surface area contributed by atoms with Crippen molar-refractivity contribution in [1.82, 2.24) is 14.3 Å². The second-order valence-corrected chi connectivity index (χ2v) is 8.55. The maximum atomic E-state index is 12.7. The Bertz CT molecular complexity index is 1210. The van der Waals surface area contributed by atoms with Gasteiger partial charge in [-0.05, 0) is 41.2 Å². The number of nitrogens with zero attached hydrogens (tertiary/aromatic N) is 3. The maximum Gasteiger partial charge on any atom is 0.258 e. The van der Waals surface area contributed by atoms with E-state index in [1.807, 2.05) is 31.3 Å². The van der Waals surface area contributed by atoms with Gasteiger partial charge < -0.3 is 0 Å². The van der Waals surface area contributed by atoms with Gasteiger partial charge in [-0.1, -0.05) is 74.5 Å². The molecule has 0 aliphatic heterocycles. The highest BCUT2D eigenvalue weighted by atomic mass is 16.1. The average Bonchev–Trinajstić information content (AvgIpc) is 2.75. The molecule has 0 amide bonds. The fraction of sp³-hybridized carbons (Fsp3) is 0.259. The first kappa shape index (κ1) is 21.0. The molecular weight excluding hydrogens is 382 g/mol. The molecule has 0 fully saturated rings. The van der Waals surface area contributed by atoms with Gasteiger partial charge in [-0.3, -0.25) is 14.1 Å². The molecule has 2 heterocycles. The Morgan fingerprint density at radius 1 is 0.871 bits per heavy atom. The number of benzene rings is 2. The molecule has 2 aromatic heterocycles. The van der Waals surface area contributed by atoms with Crippen LogP contribution in [0.15, 0.2) is 83.8 Å². The molecule has 0 N–H and O–H groups in total. The minimum Gasteiger partial charge on any atom is -0.289 e. The van der Waals surface area contributed by atoms with Crippen LogP contribution in [0.5, 0.6) is 0 Å². The highest BCUT2D eigenvalue weighted by Crippen LogP contribution is 2.18. The summed E-state index contributed by atoms with van der Waals surface area (Å²) in [6, 6.07) is 24.8. The SMILES string of the molecule is Cc1ccc2nc(CN(Cc3ccccc3)Cc3ccc(C(C)C)cc3)cc(=O)n2c1. The van der Waals surface area contributed by atoms with Gasteiger partial charge >= 0.3 is 0 Å². The molecule has 4 heteroatoms. The summed E-state index contributed by atoms with van der Waals surface area (Å²) in [5.41, 5.74) is 6.34. The predicted octanol–water partition coefficient (Wildman–Crippen LogP) is 5.33. The number of pyridine rings is 1. The van der Waals surface area contributed by atoms with Crippen molar-refractivity contribution in [3.63, 3.8) is 0 Å². The normalized spacial score (nSPS) is 11.5. The molecule has 0 aliphatic rings. The Labute approximate surface area is 183 Å². The molecule has 0 aliphatic carbocycles. The topological polar surface area (TPSA) is 37.6 Å². The lowest BCUT2D eigenvalue weighted by atomic mass is 10.0. The van der Waals surface area contributed by atoms with E-state index in [0.29, 0.717) is 18.1 Å². The van der Waals surface area contributed by atoms with E-state index in [9.17, 15) is 4.79 Å². The first-order valence-corrected chi connectivity index (χ1v) is 10.8. The zero-order valence-corrected chi connectivity index (χ0v) is 18.5. The Morgan fingerprint density at radius 3 is 2.23 bits per heavy atom. The van der Waals surface area contributed by atoms with Gasteiger partial charge in [-0.2, -0.15) is 0 Å². The zero-order valence-electron chi connectivity index (χ0n) is 18.5. The van der Waals surface area contributed by atoms with Crippen molar-refractivity contribution in [1.29, 1.82) is 0 Å². The van der Waals surface area contributed by atoms with Gasteiger partial charge in [0.15, 0.2) is 0 Å². The summed E-state index contributed by atoms with van der Waals surface area (Å²) in [4.78, 5) is 19.8. The van der Waals surface area contributed by atoms with E-state index in [1.165, 1.54) is 16.7 Å². The Hall–Kier alpha value is -3.24. The Kier molecular flexibility index (Phi) is 6.28. The number of hydrogen-bond donors (Lipinski definition) is 0. The third-order valence-electron chi connectivity index (χ3n) is 5.55. The van der Waals surface area contributed by atoms with Crippen LogP contribution in [0.25, 0.3) is 5.65 Å². The van der Waals surface area contributed by atoms with Crippen LogP contribution in [0.2, 0.25) is 0 Å². The van der Waals surface area contributed by atoms with Crippen molar-refractivity contribution in [2.75, 3.05) is 0 Å². The van der Waals surface area contributed by atoms with Crippen LogP contribution >= 0.6 is 0 Å². The molecule has 31 heavy (non-hydrogen) atoms. The van der Waals surface area contributed by atoms with Crippen molar-refractivity contribution in [2.24, 2.45) is 0 Å². The number of rotatable bonds is 7. The van der Waals surface area contributed by atoms with E-state index in [4.69, 9.17) is 4.98 Å². The first-order chi connectivity index (χ1) is 15.0. The fourth-order valence-corrected chi connectivity index (χ4v) is 3.84. The summed E-state index contributed by atoms with van der Waals surface area (Å²) in [7, 11) is 0. The Morgan fingerprint density at radius 2 is 1.55 bits per heavy atom. The summed E-state index contributed by atoms with van der Waals surface area (Å²) in [5, 5.41) is 0. The smallest absolute Gasteiger partial charge is 0.258 e. The minimum atomic E-state index is -0.0374. The highest BCUT2D eigenvalue weighted by Gasteiger charge is 2.12. The molecule has 0 saturated heterocycles. The van der Waals surface area contributed by atoms with Gasteiger partial charge in [0.05, 0.1) is 5.69 Å². The summed E-state index contributed by atoms with van der Waals surface area (Å²) < 4.78 is 1.62. The molecule has 0 spiro atoms. The molecule has 0 unspecified atom stereocenters. The van der Waals surface area contributed by atoms with E-state index in [1.54, 1.807) is 10.5 Å². The van der Waals surface area contributed by atoms with E-state index in [0.717, 1.165) is 24.3 Å². The molecular formula is C27H29N3O. The van der Waals surface area contributed by atoms with Crippen LogP contribution in [-0.2, 0) is 19.6 Å². The third kappa shape index (κ3) is 5.28. The quantitative estimate of drug-likeness (QED) is 0.413. The summed E-state index contributed by atoms with van der Waals surface area (Å²) in [6.07, 6.45) is 1.84. The molecule has 4 rings (SSSR count). The van der Waals surface area contributed by atoms with E-state index < -0.39 is 0 Å². The molecule has 158 valence electrons. The van der Waals surface area contributed by atoms with Gasteiger partial charge in [0.1, 0.15) is 5.65 Å². The maximum absolute atomic E-state index is 12.7. The predicted molar refractivity (Wildman–Crippen MR) is 126 cm³/mol. The summed E-state index contributed by atoms with van der Waals surface area (Å²) >= 11 is 0. The number of aromatic nitrogens is 2. The second-order valence-electron chi connectivity index (χ2n) is 8.55. The standard InChI is InChI=1S/C27H29N3O/c1-20(2)24-12-10-23(11-13-24)18-29(17-22-7-5-4-6-8-22)19-25-15-27(31)30-16-21(3)9-14-26(30)28-25/h4-16,20H,17-19H2,1-3H3. The van der Waals surface area contributed by atoms with Gasteiger partial charge in [-0.25, -0.2) is 4.98 Å². The molecule has 0 saturated carbocycles. The number of hydrogen-bond acceptors (Lipinski definition) is 3. The van der Waals surface area contributed by atoms with E-state index in [2.05, 4.69) is 67.3 Å². The van der Waals surface area contributed by atoms with E-state index in [-0.39, 0.29) is 5.56 Å². The molecule has 0 bridgehead atoms. The van der Waals surface area contributed by atoms with Gasteiger partial charge in [0, 0.05) is 31.9 Å². The van der Waals surface area contributed by atoms with E-state index >= 15 is 0 Å². The molecule has 0 radical (unpaired) electrons. The largest absolute Gasteiger partial charge is 0.289 e. The second kappa shape index (κ2) is 9.27. The van der Waals surface area contributed by atoms with Crippen LogP contribution < -0.4 is 5.56 Å². The van der Waals surface area contributed by atoms with Crippen LogP contribution in [0.3, 0.4) is 0 Å². The van der Waals surface area contributed by atoms with Gasteiger partial charge in [-0.15, -0.1) is 0 Å². The van der Waals surface area contributed by atoms with Crippen LogP contribution in [-0.4, -0.2) is 14.3 Å². The molecule has 2 aromatic carbocycles. The third-order valence-corrected chi connectivity index (χ3v) is 5.55. The highest BCUT2D eigenvalue weighted by molar-refractivity contribution is 5.40. The lowest BCUT2D eigenvalue weighted by Gasteiger charge is -2.23. The summed E-state index contributed by atoms with van der Waals surface area (Å²) in [6.45, 7) is 8.60. The fourth-order valence-electron chi connectivity index (χ4n) is 3.84. The number of aryl methyl sites for hydroxylation is 1. The molecule has 0 atom stereocenters. The van der Waals surface area contributed by atoms with Crippen molar-refractivity contribution in [3.05, 3.63) is 117 Å². The van der Waals surface area contributed by atoms with Gasteiger partial charge in [0.2, 0.25) is 0 Å². The zero-order chi connectivity index (χ0) is 21.8. The first-order valence-electron chi connectivity index (χ1n) is 10.8. The number of fused-ring (bicyclic) bond motifs is 1. The molecule has 4 aromatic rings. The average molecular weight is 412 g/mol. The van der Waals surface area contributed by atoms with Crippen LogP contribution in [0, 0.1) is 6.92 Å². The minimum absolute atomic E-state index is 0.0374. The van der Waals surface area contributed by atoms with Crippen LogP contribution in [0.4, 0.5) is 0 Å². The molecule has 4 nitrogen and oxygen atoms in total. The van der Waals surface area contributed by atoms with Crippen LogP contribution in [0.1, 0.15) is 47.7 Å². The van der Waals surface area contributed by atoms with Crippen molar-refractivity contribution in [3.8, 4) is 0 Å². The lowest BCUT2D eigenvalue weighted by Crippen LogP contribution is -2.25. The van der Waals surface area contributed by atoms with Gasteiger partial charge in [0.25, 0.3) is 5.56 Å². The van der Waals surface area contributed by atoms with Crippen molar-refractivity contribution < 1.29 is 0 Å². The lowest BCUT2D eigenvalue weighted by molar-refractivity contribution is 0.244. The Balaban J connectivity index is 1.61.